The quantitative estimate of drug-likeness (QED) is 0.781. The minimum atomic E-state index is -0.648. The van der Waals surface area contributed by atoms with Gasteiger partial charge in [-0.1, -0.05) is 0 Å². The molecule has 20 heavy (non-hydrogen) atoms. The van der Waals surface area contributed by atoms with Gasteiger partial charge in [-0.15, -0.1) is 11.3 Å². The van der Waals surface area contributed by atoms with Crippen LogP contribution in [0.1, 0.15) is 26.5 Å². The van der Waals surface area contributed by atoms with Crippen LogP contribution >= 0.6 is 11.3 Å². The molecule has 7 nitrogen and oxygen atoms in total. The van der Waals surface area contributed by atoms with Crippen LogP contribution in [0, 0.1) is 0 Å². The first-order valence-corrected chi connectivity index (χ1v) is 6.89. The van der Waals surface area contributed by atoms with E-state index in [0.29, 0.717) is 11.5 Å². The lowest BCUT2D eigenvalue weighted by atomic mass is 10.2. The molecule has 2 rings (SSSR count). The minimum Gasteiger partial charge on any atom is -0.465 e. The van der Waals surface area contributed by atoms with Gasteiger partial charge in [0.15, 0.2) is 0 Å². The summed E-state index contributed by atoms with van der Waals surface area (Å²) in [5.74, 6) is -1.21. The van der Waals surface area contributed by atoms with Gasteiger partial charge in [0.2, 0.25) is 0 Å². The molecular weight excluding hydrogens is 282 g/mol. The largest absolute Gasteiger partial charge is 0.465 e. The van der Waals surface area contributed by atoms with Gasteiger partial charge in [0.05, 0.1) is 24.5 Å². The van der Waals surface area contributed by atoms with Crippen LogP contribution in [0.4, 0.5) is 10.7 Å². The molecule has 1 saturated heterocycles. The van der Waals surface area contributed by atoms with Crippen molar-refractivity contribution in [1.29, 1.82) is 0 Å². The summed E-state index contributed by atoms with van der Waals surface area (Å²) < 4.78 is 9.96. The van der Waals surface area contributed by atoms with E-state index in [2.05, 4.69) is 4.74 Å². The van der Waals surface area contributed by atoms with E-state index >= 15 is 0 Å². The van der Waals surface area contributed by atoms with Gasteiger partial charge >= 0.3 is 5.97 Å². The summed E-state index contributed by atoms with van der Waals surface area (Å²) in [6.45, 7) is 1.36. The van der Waals surface area contributed by atoms with E-state index in [-0.39, 0.29) is 22.2 Å². The molecule has 0 aliphatic carbocycles. The van der Waals surface area contributed by atoms with Crippen LogP contribution in [0.2, 0.25) is 0 Å². The molecule has 8 heteroatoms. The Morgan fingerprint density at radius 3 is 2.60 bits per heavy atom. The molecule has 0 radical (unpaired) electrons. The summed E-state index contributed by atoms with van der Waals surface area (Å²) in [5, 5.41) is 0.606. The topological polar surface area (TPSA) is 108 Å². The molecule has 0 aromatic carbocycles. The summed E-state index contributed by atoms with van der Waals surface area (Å²) in [4.78, 5) is 25.4. The number of methoxy groups -OCH3 is 2. The summed E-state index contributed by atoms with van der Waals surface area (Å²) in [6, 6.07) is 0. The van der Waals surface area contributed by atoms with Gasteiger partial charge in [0, 0.05) is 20.2 Å². The number of ether oxygens (including phenoxy) is 2. The second-order valence-corrected chi connectivity index (χ2v) is 5.47. The molecule has 0 saturated carbocycles. The van der Waals surface area contributed by atoms with Crippen LogP contribution in [0.5, 0.6) is 0 Å². The van der Waals surface area contributed by atoms with Gasteiger partial charge < -0.3 is 25.8 Å². The zero-order chi connectivity index (χ0) is 14.9. The van der Waals surface area contributed by atoms with Crippen LogP contribution < -0.4 is 16.4 Å². The SMILES string of the molecule is COC(=O)c1sc(N2CCC(OC)C2)c(C(N)=O)c1N. The summed E-state index contributed by atoms with van der Waals surface area (Å²) in [6.07, 6.45) is 0.945. The zero-order valence-corrected chi connectivity index (χ0v) is 12.2. The molecule has 0 spiro atoms. The lowest BCUT2D eigenvalue weighted by molar-refractivity contribution is 0.0607. The van der Waals surface area contributed by atoms with Gasteiger partial charge in [-0.3, -0.25) is 4.79 Å². The van der Waals surface area contributed by atoms with E-state index in [1.165, 1.54) is 7.11 Å². The highest BCUT2D eigenvalue weighted by atomic mass is 32.1. The average Bonchev–Trinajstić information content (AvgIpc) is 3.01. The Labute approximate surface area is 120 Å². The Morgan fingerprint density at radius 2 is 2.10 bits per heavy atom. The fourth-order valence-electron chi connectivity index (χ4n) is 2.24. The molecule has 0 bridgehead atoms. The number of hydrogen-bond donors (Lipinski definition) is 2. The number of esters is 1. The monoisotopic (exact) mass is 299 g/mol. The number of nitrogens with zero attached hydrogens (tertiary/aromatic N) is 1. The molecule has 1 atom stereocenters. The number of hydrogen-bond acceptors (Lipinski definition) is 7. The van der Waals surface area contributed by atoms with E-state index in [0.717, 1.165) is 24.3 Å². The predicted molar refractivity (Wildman–Crippen MR) is 76.2 cm³/mol. The molecule has 1 aliphatic rings. The third-order valence-electron chi connectivity index (χ3n) is 3.31. The smallest absolute Gasteiger partial charge is 0.350 e. The fourth-order valence-corrected chi connectivity index (χ4v) is 3.42. The number of primary amides is 1. The first-order chi connectivity index (χ1) is 9.49. The van der Waals surface area contributed by atoms with Crippen LogP contribution in [0.3, 0.4) is 0 Å². The summed E-state index contributed by atoms with van der Waals surface area (Å²) in [7, 11) is 2.91. The van der Waals surface area contributed by atoms with Crippen molar-refractivity contribution in [3.8, 4) is 0 Å². The number of anilines is 2. The molecule has 1 fully saturated rings. The van der Waals surface area contributed by atoms with E-state index < -0.39 is 11.9 Å². The number of thiophene rings is 1. The summed E-state index contributed by atoms with van der Waals surface area (Å²) >= 11 is 1.13. The van der Waals surface area contributed by atoms with Crippen molar-refractivity contribution in [2.75, 3.05) is 37.9 Å². The minimum absolute atomic E-state index is 0.0882. The first-order valence-electron chi connectivity index (χ1n) is 6.07. The third-order valence-corrected chi connectivity index (χ3v) is 4.56. The van der Waals surface area contributed by atoms with Crippen molar-refractivity contribution in [2.45, 2.75) is 12.5 Å². The number of nitrogens with two attached hydrogens (primary N) is 2. The lowest BCUT2D eigenvalue weighted by Gasteiger charge is -2.17. The van der Waals surface area contributed by atoms with Crippen LogP contribution in [0.25, 0.3) is 0 Å². The Bertz CT molecular complexity index is 543. The van der Waals surface area contributed by atoms with Crippen molar-refractivity contribution < 1.29 is 19.1 Å². The highest BCUT2D eigenvalue weighted by Gasteiger charge is 2.31. The Balaban J connectivity index is 2.42. The molecule has 1 aromatic heterocycles. The number of carbonyl (C=O) groups excluding carboxylic acids is 2. The van der Waals surface area contributed by atoms with Crippen molar-refractivity contribution in [2.24, 2.45) is 5.73 Å². The maximum atomic E-state index is 11.7. The number of carbonyl (C=O) groups is 2. The third kappa shape index (κ3) is 2.44. The van der Waals surface area contributed by atoms with Crippen molar-refractivity contribution in [3.63, 3.8) is 0 Å². The Hall–Kier alpha value is -1.80. The Morgan fingerprint density at radius 1 is 1.40 bits per heavy atom. The number of rotatable bonds is 4. The number of nitrogen functional groups attached to an aromatic ring is 1. The highest BCUT2D eigenvalue weighted by molar-refractivity contribution is 7.19. The molecular formula is C12H17N3O4S. The van der Waals surface area contributed by atoms with Gasteiger partial charge in [0.1, 0.15) is 9.88 Å². The Kier molecular flexibility index (Phi) is 4.15. The lowest BCUT2D eigenvalue weighted by Crippen LogP contribution is -2.24. The van der Waals surface area contributed by atoms with E-state index in [9.17, 15) is 9.59 Å². The fraction of sp³-hybridized carbons (Fsp3) is 0.500. The maximum Gasteiger partial charge on any atom is 0.350 e. The number of amides is 1. The first kappa shape index (κ1) is 14.6. The highest BCUT2D eigenvalue weighted by Crippen LogP contribution is 2.40. The van der Waals surface area contributed by atoms with E-state index in [4.69, 9.17) is 16.2 Å². The molecule has 110 valence electrons. The van der Waals surface area contributed by atoms with Crippen LogP contribution in [-0.2, 0) is 9.47 Å². The second kappa shape index (κ2) is 5.68. The average molecular weight is 299 g/mol. The van der Waals surface area contributed by atoms with Gasteiger partial charge in [-0.25, -0.2) is 4.79 Å². The van der Waals surface area contributed by atoms with Crippen LogP contribution in [0.15, 0.2) is 0 Å². The molecule has 1 unspecified atom stereocenters. The van der Waals surface area contributed by atoms with Gasteiger partial charge in [-0.05, 0) is 6.42 Å². The summed E-state index contributed by atoms with van der Waals surface area (Å²) in [5.41, 5.74) is 11.5. The molecule has 1 aromatic rings. The maximum absolute atomic E-state index is 11.7. The van der Waals surface area contributed by atoms with Gasteiger partial charge in [-0.2, -0.15) is 0 Å². The second-order valence-electron chi connectivity index (χ2n) is 4.47. The molecule has 2 heterocycles. The predicted octanol–water partition coefficient (Wildman–Crippen LogP) is 0.441. The van der Waals surface area contributed by atoms with Gasteiger partial charge in [0.25, 0.3) is 5.91 Å². The van der Waals surface area contributed by atoms with Crippen LogP contribution in [-0.4, -0.2) is 45.3 Å². The van der Waals surface area contributed by atoms with E-state index in [1.807, 2.05) is 4.90 Å². The molecule has 1 amide bonds. The van der Waals surface area contributed by atoms with Crippen molar-refractivity contribution in [3.05, 3.63) is 10.4 Å². The molecule has 1 aliphatic heterocycles. The van der Waals surface area contributed by atoms with Crippen molar-refractivity contribution in [1.82, 2.24) is 0 Å². The molecule has 4 N–H and O–H groups in total. The van der Waals surface area contributed by atoms with Crippen molar-refractivity contribution >= 4 is 33.9 Å². The van der Waals surface area contributed by atoms with E-state index in [1.54, 1.807) is 7.11 Å². The zero-order valence-electron chi connectivity index (χ0n) is 11.3. The standard InChI is InChI=1S/C12H17N3O4S/c1-18-6-3-4-15(5-6)11-7(10(14)16)8(13)9(20-11)12(17)19-2/h6H,3-5,13H2,1-2H3,(H2,14,16). The normalized spacial score (nSPS) is 18.3.